The summed E-state index contributed by atoms with van der Waals surface area (Å²) in [5.74, 6) is -0.113. The highest BCUT2D eigenvalue weighted by atomic mass is 19.1. The molecule has 2 aliphatic heterocycles. The molecule has 0 spiro atoms. The average molecular weight is 336 g/mol. The van der Waals surface area contributed by atoms with E-state index in [2.05, 4.69) is 5.32 Å². The Morgan fingerprint density at radius 3 is 2.75 bits per heavy atom. The van der Waals surface area contributed by atoms with Gasteiger partial charge in [-0.2, -0.15) is 0 Å². The predicted molar refractivity (Wildman–Crippen MR) is 88.1 cm³/mol. The van der Waals surface area contributed by atoms with Crippen molar-refractivity contribution >= 4 is 5.91 Å². The smallest absolute Gasteiger partial charge is 0.231 e. The molecule has 24 heavy (non-hydrogen) atoms. The Bertz CT molecular complexity index is 552. The lowest BCUT2D eigenvalue weighted by Gasteiger charge is -2.42. The molecule has 1 aromatic carbocycles. The largest absolute Gasteiger partial charge is 0.384 e. The maximum absolute atomic E-state index is 13.2. The van der Waals surface area contributed by atoms with E-state index in [-0.39, 0.29) is 17.8 Å². The average Bonchev–Trinajstić information content (AvgIpc) is 2.63. The van der Waals surface area contributed by atoms with Gasteiger partial charge in [0.2, 0.25) is 5.91 Å². The van der Waals surface area contributed by atoms with Crippen LogP contribution in [0.15, 0.2) is 24.3 Å². The molecule has 3 rings (SSSR count). The summed E-state index contributed by atoms with van der Waals surface area (Å²) in [5, 5.41) is 3.31. The van der Waals surface area contributed by atoms with Crippen LogP contribution in [-0.4, -0.2) is 57.3 Å². The molecule has 2 fully saturated rings. The quantitative estimate of drug-likeness (QED) is 0.910. The Labute approximate surface area is 142 Å². The van der Waals surface area contributed by atoms with Crippen LogP contribution in [0.5, 0.6) is 0 Å². The molecule has 2 aliphatic rings. The van der Waals surface area contributed by atoms with E-state index < -0.39 is 5.41 Å². The number of carbonyl (C=O) groups excluding carboxylic acids is 1. The van der Waals surface area contributed by atoms with Crippen molar-refractivity contribution in [1.82, 2.24) is 10.2 Å². The summed E-state index contributed by atoms with van der Waals surface area (Å²) >= 11 is 0. The second-order valence-corrected chi connectivity index (χ2v) is 6.63. The summed E-state index contributed by atoms with van der Waals surface area (Å²) in [4.78, 5) is 15.1. The number of nitrogens with one attached hydrogen (secondary N) is 1. The number of nitrogens with zero attached hydrogens (tertiary/aromatic N) is 1. The van der Waals surface area contributed by atoms with Crippen molar-refractivity contribution in [3.05, 3.63) is 35.6 Å². The molecule has 1 N–H and O–H groups in total. The van der Waals surface area contributed by atoms with Gasteiger partial charge in [-0.3, -0.25) is 4.79 Å². The zero-order chi connectivity index (χ0) is 17.0. The van der Waals surface area contributed by atoms with Gasteiger partial charge in [-0.05, 0) is 43.6 Å². The van der Waals surface area contributed by atoms with Gasteiger partial charge < -0.3 is 19.7 Å². The van der Waals surface area contributed by atoms with Gasteiger partial charge in [0.25, 0.3) is 0 Å². The highest BCUT2D eigenvalue weighted by Crippen LogP contribution is 2.33. The van der Waals surface area contributed by atoms with Crippen LogP contribution in [0.25, 0.3) is 0 Å². The van der Waals surface area contributed by atoms with E-state index in [1.54, 1.807) is 19.2 Å². The van der Waals surface area contributed by atoms with Gasteiger partial charge in [-0.15, -0.1) is 0 Å². The summed E-state index contributed by atoms with van der Waals surface area (Å²) in [6, 6.07) is 6.31. The normalized spacial score (nSPS) is 23.9. The van der Waals surface area contributed by atoms with Gasteiger partial charge in [0.15, 0.2) is 0 Å². The lowest BCUT2D eigenvalue weighted by molar-refractivity contribution is -0.155. The standard InChI is InChI=1S/C18H25FN2O3/c1-23-13-18(6-8-20-9-7-18)17(22)21-10-11-24-16(12-21)14-2-4-15(19)5-3-14/h2-5,16,20H,6-13H2,1H3. The van der Waals surface area contributed by atoms with Crippen molar-refractivity contribution in [3.63, 3.8) is 0 Å². The van der Waals surface area contributed by atoms with E-state index in [0.29, 0.717) is 26.3 Å². The first-order chi connectivity index (χ1) is 11.6. The Morgan fingerprint density at radius 1 is 1.38 bits per heavy atom. The van der Waals surface area contributed by atoms with Crippen LogP contribution in [0.1, 0.15) is 24.5 Å². The Hall–Kier alpha value is -1.50. The van der Waals surface area contributed by atoms with Crippen molar-refractivity contribution in [2.24, 2.45) is 5.41 Å². The third-order valence-electron chi connectivity index (χ3n) is 5.03. The molecule has 0 saturated carbocycles. The number of amides is 1. The number of hydrogen-bond acceptors (Lipinski definition) is 4. The van der Waals surface area contributed by atoms with Crippen molar-refractivity contribution in [2.75, 3.05) is 46.5 Å². The maximum atomic E-state index is 13.2. The SMILES string of the molecule is COCC1(C(=O)N2CCOC(c3ccc(F)cc3)C2)CCNCC1. The zero-order valence-corrected chi connectivity index (χ0v) is 14.1. The van der Waals surface area contributed by atoms with E-state index >= 15 is 0 Å². The summed E-state index contributed by atoms with van der Waals surface area (Å²) in [6.07, 6.45) is 1.38. The van der Waals surface area contributed by atoms with E-state index in [9.17, 15) is 9.18 Å². The molecule has 0 radical (unpaired) electrons. The molecule has 1 amide bonds. The fourth-order valence-corrected chi connectivity index (χ4v) is 3.65. The molecular formula is C18H25FN2O3. The first-order valence-electron chi connectivity index (χ1n) is 8.51. The van der Waals surface area contributed by atoms with E-state index in [1.165, 1.54) is 12.1 Å². The number of rotatable bonds is 4. The zero-order valence-electron chi connectivity index (χ0n) is 14.1. The highest BCUT2D eigenvalue weighted by Gasteiger charge is 2.43. The lowest BCUT2D eigenvalue weighted by Crippen LogP contribution is -2.54. The van der Waals surface area contributed by atoms with Gasteiger partial charge in [-0.25, -0.2) is 4.39 Å². The van der Waals surface area contributed by atoms with E-state index in [1.807, 2.05) is 4.90 Å². The first kappa shape index (κ1) is 17.3. The fourth-order valence-electron chi connectivity index (χ4n) is 3.65. The number of morpholine rings is 1. The molecule has 1 unspecified atom stereocenters. The van der Waals surface area contributed by atoms with Gasteiger partial charge in [0, 0.05) is 13.7 Å². The summed E-state index contributed by atoms with van der Waals surface area (Å²) in [7, 11) is 1.65. The number of piperidine rings is 1. The van der Waals surface area contributed by atoms with Crippen LogP contribution in [0.2, 0.25) is 0 Å². The Morgan fingerprint density at radius 2 is 2.08 bits per heavy atom. The number of hydrogen-bond donors (Lipinski definition) is 1. The fraction of sp³-hybridized carbons (Fsp3) is 0.611. The van der Waals surface area contributed by atoms with E-state index in [0.717, 1.165) is 31.5 Å². The number of benzene rings is 1. The molecule has 1 atom stereocenters. The summed E-state index contributed by atoms with van der Waals surface area (Å²) in [6.45, 7) is 3.71. The molecule has 2 saturated heterocycles. The molecule has 0 aromatic heterocycles. The number of methoxy groups -OCH3 is 1. The van der Waals surface area contributed by atoms with E-state index in [4.69, 9.17) is 9.47 Å². The van der Waals surface area contributed by atoms with Gasteiger partial charge >= 0.3 is 0 Å². The molecular weight excluding hydrogens is 311 g/mol. The highest BCUT2D eigenvalue weighted by molar-refractivity contribution is 5.83. The van der Waals surface area contributed by atoms with Crippen LogP contribution < -0.4 is 5.32 Å². The summed E-state index contributed by atoms with van der Waals surface area (Å²) in [5.41, 5.74) is 0.463. The van der Waals surface area contributed by atoms with Crippen molar-refractivity contribution in [1.29, 1.82) is 0 Å². The van der Waals surface area contributed by atoms with Gasteiger partial charge in [-0.1, -0.05) is 12.1 Å². The van der Waals surface area contributed by atoms with Gasteiger partial charge in [0.05, 0.1) is 25.2 Å². The minimum atomic E-state index is -0.440. The van der Waals surface area contributed by atoms with Crippen LogP contribution in [0.4, 0.5) is 4.39 Å². The molecule has 132 valence electrons. The minimum Gasteiger partial charge on any atom is -0.384 e. The van der Waals surface area contributed by atoms with Crippen molar-refractivity contribution in [2.45, 2.75) is 18.9 Å². The molecule has 6 heteroatoms. The predicted octanol–water partition coefficient (Wildman–Crippen LogP) is 1.74. The van der Waals surface area contributed by atoms with Crippen LogP contribution >= 0.6 is 0 Å². The van der Waals surface area contributed by atoms with Crippen molar-refractivity contribution < 1.29 is 18.7 Å². The third-order valence-corrected chi connectivity index (χ3v) is 5.03. The number of carbonyl (C=O) groups is 1. The second-order valence-electron chi connectivity index (χ2n) is 6.63. The summed E-state index contributed by atoms with van der Waals surface area (Å²) < 4.78 is 24.3. The molecule has 0 aliphatic carbocycles. The number of ether oxygens (including phenoxy) is 2. The van der Waals surface area contributed by atoms with Gasteiger partial charge in [0.1, 0.15) is 11.9 Å². The second kappa shape index (κ2) is 7.59. The minimum absolute atomic E-state index is 0.154. The monoisotopic (exact) mass is 336 g/mol. The van der Waals surface area contributed by atoms with Crippen LogP contribution in [-0.2, 0) is 14.3 Å². The van der Waals surface area contributed by atoms with Crippen LogP contribution in [0, 0.1) is 11.2 Å². The van der Waals surface area contributed by atoms with Crippen LogP contribution in [0.3, 0.4) is 0 Å². The number of halogens is 1. The third kappa shape index (κ3) is 3.61. The van der Waals surface area contributed by atoms with Crippen molar-refractivity contribution in [3.8, 4) is 0 Å². The topological polar surface area (TPSA) is 50.8 Å². The molecule has 0 bridgehead atoms. The Kier molecular flexibility index (Phi) is 5.48. The maximum Gasteiger partial charge on any atom is 0.231 e. The Balaban J connectivity index is 1.73. The molecule has 1 aromatic rings. The molecule has 2 heterocycles. The first-order valence-corrected chi connectivity index (χ1v) is 8.51. The lowest BCUT2D eigenvalue weighted by atomic mass is 9.78. The molecule has 5 nitrogen and oxygen atoms in total.